The Morgan fingerprint density at radius 2 is 1.96 bits per heavy atom. The lowest BCUT2D eigenvalue weighted by Gasteiger charge is -2.28. The Labute approximate surface area is 157 Å². The lowest BCUT2D eigenvalue weighted by atomic mass is 10.1. The van der Waals surface area contributed by atoms with Crippen LogP contribution in [0.15, 0.2) is 46.5 Å². The van der Waals surface area contributed by atoms with Gasteiger partial charge in [-0.15, -0.1) is 0 Å². The zero-order chi connectivity index (χ0) is 19.2. The number of aliphatic imine (C=N–C) groups is 2. The number of amidine groups is 1. The first kappa shape index (κ1) is 17.4. The van der Waals surface area contributed by atoms with Gasteiger partial charge in [-0.2, -0.15) is 5.10 Å². The fraction of sp³-hybridized carbons (Fsp3) is 0.118. The molecule has 0 amide bonds. The van der Waals surface area contributed by atoms with Gasteiger partial charge in [0.05, 0.1) is 11.7 Å². The second-order valence-corrected chi connectivity index (χ2v) is 6.54. The van der Waals surface area contributed by atoms with Crippen LogP contribution < -0.4 is 16.8 Å². The van der Waals surface area contributed by atoms with Crippen molar-refractivity contribution in [2.45, 2.75) is 12.2 Å². The Morgan fingerprint density at radius 3 is 2.78 bits per heavy atom. The van der Waals surface area contributed by atoms with Crippen molar-refractivity contribution in [3.63, 3.8) is 0 Å². The molecule has 0 saturated heterocycles. The number of hydrogen-bond acceptors (Lipinski definition) is 6. The third kappa shape index (κ3) is 3.22. The predicted octanol–water partition coefficient (Wildman–Crippen LogP) is 2.01. The largest absolute Gasteiger partial charge is 0.370 e. The molecule has 2 aromatic carbocycles. The summed E-state index contributed by atoms with van der Waals surface area (Å²) in [6, 6.07) is 7.66. The Kier molecular flexibility index (Phi) is 4.05. The van der Waals surface area contributed by atoms with Crippen molar-refractivity contribution < 1.29 is 8.78 Å². The van der Waals surface area contributed by atoms with Gasteiger partial charge in [-0.25, -0.2) is 18.8 Å². The molecule has 10 heteroatoms. The molecule has 1 atom stereocenters. The minimum Gasteiger partial charge on any atom is -0.370 e. The van der Waals surface area contributed by atoms with E-state index in [1.807, 2.05) is 12.1 Å². The van der Waals surface area contributed by atoms with Crippen molar-refractivity contribution in [2.24, 2.45) is 21.5 Å². The van der Waals surface area contributed by atoms with Crippen molar-refractivity contribution >= 4 is 34.3 Å². The number of guanidine groups is 1. The number of nitrogens with one attached hydrogen (secondary N) is 2. The number of benzene rings is 2. The maximum atomic E-state index is 14.2. The molecule has 1 unspecified atom stereocenters. The Morgan fingerprint density at radius 1 is 1.15 bits per heavy atom. The number of aromatic nitrogens is 2. The fourth-order valence-electron chi connectivity index (χ4n) is 2.90. The highest BCUT2D eigenvalue weighted by Gasteiger charge is 2.32. The summed E-state index contributed by atoms with van der Waals surface area (Å²) < 4.78 is 27.8. The average molecular weight is 390 g/mol. The third-order valence-corrected chi connectivity index (χ3v) is 4.51. The van der Waals surface area contributed by atoms with Crippen LogP contribution in [0.1, 0.15) is 11.1 Å². The topological polar surface area (TPSA) is 117 Å². The van der Waals surface area contributed by atoms with Crippen LogP contribution in [-0.4, -0.2) is 27.8 Å². The van der Waals surface area contributed by atoms with Crippen LogP contribution in [0.3, 0.4) is 0 Å². The van der Waals surface area contributed by atoms with Gasteiger partial charge in [0, 0.05) is 28.0 Å². The summed E-state index contributed by atoms with van der Waals surface area (Å²) in [7, 11) is 0. The monoisotopic (exact) mass is 389 g/mol. The molecule has 1 aliphatic rings. The highest BCUT2D eigenvalue weighted by molar-refractivity contribution is 6.31. The van der Waals surface area contributed by atoms with Gasteiger partial charge in [-0.1, -0.05) is 23.7 Å². The van der Waals surface area contributed by atoms with Crippen molar-refractivity contribution in [3.8, 4) is 0 Å². The van der Waals surface area contributed by atoms with Crippen molar-refractivity contribution in [3.05, 3.63) is 64.3 Å². The zero-order valence-corrected chi connectivity index (χ0v) is 14.6. The maximum absolute atomic E-state index is 14.2. The number of hydrogen-bond donors (Lipinski definition) is 4. The molecule has 0 saturated carbocycles. The number of nitrogens with zero attached hydrogens (tertiary/aromatic N) is 3. The number of nitrogens with two attached hydrogens (primary N) is 2. The molecule has 0 fully saturated rings. The summed E-state index contributed by atoms with van der Waals surface area (Å²) in [5.74, 6) is -3.42. The molecule has 0 radical (unpaired) electrons. The molecular formula is C17H14ClF2N7. The summed E-state index contributed by atoms with van der Waals surface area (Å²) in [4.78, 5) is 8.42. The molecule has 27 heavy (non-hydrogen) atoms. The highest BCUT2D eigenvalue weighted by Crippen LogP contribution is 2.27. The maximum Gasteiger partial charge on any atom is 0.212 e. The molecule has 138 valence electrons. The van der Waals surface area contributed by atoms with E-state index in [4.69, 9.17) is 23.1 Å². The standard InChI is InChI=1S/C17H14ClF2N7/c18-11-3-4-12(19)14(20)10(11)6-17(22)25-15(24-16(21)26-17)8-1-2-9-7-23-27-13(9)5-8/h1-5,7H,6,22H2,(H,23,27)(H3,21,24,25,26). The van der Waals surface area contributed by atoms with Crippen LogP contribution in [0.25, 0.3) is 10.9 Å². The highest BCUT2D eigenvalue weighted by atomic mass is 35.5. The molecule has 1 aromatic heterocycles. The van der Waals surface area contributed by atoms with Crippen LogP contribution >= 0.6 is 11.6 Å². The van der Waals surface area contributed by atoms with Crippen molar-refractivity contribution in [1.82, 2.24) is 15.5 Å². The summed E-state index contributed by atoms with van der Waals surface area (Å²) in [5.41, 5.74) is 13.4. The molecule has 1 aliphatic heterocycles. The predicted molar refractivity (Wildman–Crippen MR) is 99.4 cm³/mol. The molecule has 0 aliphatic carbocycles. The lowest BCUT2D eigenvalue weighted by molar-refractivity contribution is 0.434. The Hall–Kier alpha value is -3.04. The third-order valence-electron chi connectivity index (χ3n) is 4.16. The summed E-state index contributed by atoms with van der Waals surface area (Å²) >= 11 is 6.01. The summed E-state index contributed by atoms with van der Waals surface area (Å²) in [5, 5.41) is 10.6. The van der Waals surface area contributed by atoms with E-state index >= 15 is 0 Å². The second kappa shape index (κ2) is 6.29. The molecular weight excluding hydrogens is 376 g/mol. The molecule has 2 heterocycles. The van der Waals surface area contributed by atoms with E-state index in [2.05, 4.69) is 25.5 Å². The van der Waals surface area contributed by atoms with Crippen LogP contribution in [0.4, 0.5) is 8.78 Å². The van der Waals surface area contributed by atoms with E-state index in [0.29, 0.717) is 11.4 Å². The van der Waals surface area contributed by atoms with Gasteiger partial charge in [0.15, 0.2) is 17.6 Å². The fourth-order valence-corrected chi connectivity index (χ4v) is 3.11. The average Bonchev–Trinajstić information content (AvgIpc) is 3.09. The summed E-state index contributed by atoms with van der Waals surface area (Å²) in [6.45, 7) is 0. The van der Waals surface area contributed by atoms with E-state index in [1.54, 1.807) is 12.3 Å². The number of fused-ring (bicyclic) bond motifs is 1. The van der Waals surface area contributed by atoms with Crippen LogP contribution in [0, 0.1) is 11.6 Å². The molecule has 0 bridgehead atoms. The molecule has 4 rings (SSSR count). The Balaban J connectivity index is 1.75. The van der Waals surface area contributed by atoms with E-state index in [0.717, 1.165) is 17.0 Å². The van der Waals surface area contributed by atoms with Crippen LogP contribution in [0.5, 0.6) is 0 Å². The molecule has 7 nitrogen and oxygen atoms in total. The van der Waals surface area contributed by atoms with Crippen molar-refractivity contribution in [2.75, 3.05) is 0 Å². The van der Waals surface area contributed by atoms with Gasteiger partial charge in [-0.3, -0.25) is 10.8 Å². The minimum absolute atomic E-state index is 0.000131. The SMILES string of the molecule is NC1=NC(N)(Cc2c(Cl)ccc(F)c2F)N=C(c2ccc3cn[nH]c3c2)N1. The van der Waals surface area contributed by atoms with Gasteiger partial charge < -0.3 is 11.1 Å². The zero-order valence-electron chi connectivity index (χ0n) is 13.8. The van der Waals surface area contributed by atoms with Gasteiger partial charge in [0.2, 0.25) is 5.79 Å². The van der Waals surface area contributed by atoms with Crippen molar-refractivity contribution in [1.29, 1.82) is 0 Å². The number of aromatic amines is 1. The molecule has 6 N–H and O–H groups in total. The molecule has 3 aromatic rings. The van der Waals surface area contributed by atoms with Crippen LogP contribution in [0.2, 0.25) is 5.02 Å². The quantitative estimate of drug-likeness (QED) is 0.512. The van der Waals surface area contributed by atoms with E-state index in [9.17, 15) is 8.78 Å². The van der Waals surface area contributed by atoms with Gasteiger partial charge in [0.1, 0.15) is 5.84 Å². The normalized spacial score (nSPS) is 19.6. The first-order valence-electron chi connectivity index (χ1n) is 7.92. The van der Waals surface area contributed by atoms with Gasteiger partial charge >= 0.3 is 0 Å². The van der Waals surface area contributed by atoms with E-state index in [-0.39, 0.29) is 23.0 Å². The number of rotatable bonds is 3. The lowest BCUT2D eigenvalue weighted by Crippen LogP contribution is -2.51. The second-order valence-electron chi connectivity index (χ2n) is 6.13. The smallest absolute Gasteiger partial charge is 0.212 e. The number of H-pyrrole nitrogens is 1. The van der Waals surface area contributed by atoms with E-state index in [1.165, 1.54) is 6.07 Å². The van der Waals surface area contributed by atoms with E-state index < -0.39 is 17.4 Å². The Bertz CT molecular complexity index is 1110. The van der Waals surface area contributed by atoms with Gasteiger partial charge in [-0.05, 0) is 18.2 Å². The van der Waals surface area contributed by atoms with Crippen LogP contribution in [-0.2, 0) is 6.42 Å². The molecule has 0 spiro atoms. The number of halogens is 3. The first-order chi connectivity index (χ1) is 12.8. The summed E-state index contributed by atoms with van der Waals surface area (Å²) in [6.07, 6.45) is 1.42. The van der Waals surface area contributed by atoms with Gasteiger partial charge in [0.25, 0.3) is 0 Å². The minimum atomic E-state index is -1.65. The first-order valence-corrected chi connectivity index (χ1v) is 8.29.